The quantitative estimate of drug-likeness (QED) is 0.857. The lowest BCUT2D eigenvalue weighted by Crippen LogP contribution is -2.31. The van der Waals surface area contributed by atoms with E-state index in [2.05, 4.69) is 22.4 Å². The highest BCUT2D eigenvalue weighted by Gasteiger charge is 2.25. The molecular formula is C18H24N4O. The average molecular weight is 312 g/mol. The molecule has 0 saturated heterocycles. The van der Waals surface area contributed by atoms with Gasteiger partial charge < -0.3 is 15.6 Å². The molecule has 0 aliphatic heterocycles. The second-order valence-electron chi connectivity index (χ2n) is 6.34. The summed E-state index contributed by atoms with van der Waals surface area (Å²) in [6.45, 7) is 1.32. The summed E-state index contributed by atoms with van der Waals surface area (Å²) in [7, 11) is 0. The summed E-state index contributed by atoms with van der Waals surface area (Å²) in [5, 5.41) is 3.05. The van der Waals surface area contributed by atoms with Crippen molar-refractivity contribution in [1.29, 1.82) is 0 Å². The highest BCUT2D eigenvalue weighted by atomic mass is 16.1. The van der Waals surface area contributed by atoms with E-state index < -0.39 is 0 Å². The first-order valence-corrected chi connectivity index (χ1v) is 8.27. The van der Waals surface area contributed by atoms with Crippen molar-refractivity contribution in [2.45, 2.75) is 44.8 Å². The van der Waals surface area contributed by atoms with Crippen LogP contribution in [0, 0.1) is 5.92 Å². The molecular weight excluding hydrogens is 288 g/mol. The second-order valence-corrected chi connectivity index (χ2v) is 6.34. The Bertz CT molecular complexity index is 638. The van der Waals surface area contributed by atoms with Gasteiger partial charge in [0.2, 0.25) is 5.91 Å². The predicted molar refractivity (Wildman–Crippen MR) is 89.6 cm³/mol. The fraction of sp³-hybridized carbons (Fsp3) is 0.444. The van der Waals surface area contributed by atoms with E-state index in [-0.39, 0.29) is 11.9 Å². The van der Waals surface area contributed by atoms with Crippen molar-refractivity contribution in [3.05, 3.63) is 54.1 Å². The average Bonchev–Trinajstić information content (AvgIpc) is 3.19. The molecule has 5 nitrogen and oxygen atoms in total. The Labute approximate surface area is 136 Å². The van der Waals surface area contributed by atoms with Gasteiger partial charge in [-0.2, -0.15) is 0 Å². The Kier molecular flexibility index (Phi) is 5.08. The summed E-state index contributed by atoms with van der Waals surface area (Å²) >= 11 is 0. The zero-order chi connectivity index (χ0) is 16.1. The van der Waals surface area contributed by atoms with Crippen LogP contribution < -0.4 is 11.1 Å². The lowest BCUT2D eigenvalue weighted by molar-refractivity contribution is -0.122. The monoisotopic (exact) mass is 312 g/mol. The van der Waals surface area contributed by atoms with Crippen LogP contribution in [0.25, 0.3) is 0 Å². The number of hydrogen-bond donors (Lipinski definition) is 2. The molecule has 1 saturated carbocycles. The van der Waals surface area contributed by atoms with Gasteiger partial charge in [0.05, 0.1) is 6.33 Å². The summed E-state index contributed by atoms with van der Waals surface area (Å²) < 4.78 is 2.03. The number of nitrogens with one attached hydrogen (secondary N) is 1. The number of benzene rings is 1. The molecule has 2 aromatic rings. The Hall–Kier alpha value is -2.14. The molecule has 0 bridgehead atoms. The highest BCUT2D eigenvalue weighted by Crippen LogP contribution is 2.26. The van der Waals surface area contributed by atoms with Gasteiger partial charge in [0.1, 0.15) is 0 Å². The number of carbonyl (C=O) groups excluding carboxylic acids is 1. The molecule has 1 heterocycles. The summed E-state index contributed by atoms with van der Waals surface area (Å²) in [5.74, 6) is 0.445. The van der Waals surface area contributed by atoms with Gasteiger partial charge in [-0.25, -0.2) is 4.98 Å². The highest BCUT2D eigenvalue weighted by molar-refractivity contribution is 5.76. The van der Waals surface area contributed by atoms with Gasteiger partial charge in [-0.15, -0.1) is 0 Å². The number of rotatable bonds is 6. The first-order chi connectivity index (χ1) is 11.2. The summed E-state index contributed by atoms with van der Waals surface area (Å²) in [6.07, 6.45) is 9.33. The summed E-state index contributed by atoms with van der Waals surface area (Å²) in [6, 6.07) is 8.37. The van der Waals surface area contributed by atoms with E-state index in [1.54, 1.807) is 12.5 Å². The molecule has 23 heavy (non-hydrogen) atoms. The first kappa shape index (κ1) is 15.7. The third-order valence-electron chi connectivity index (χ3n) is 4.67. The van der Waals surface area contributed by atoms with Gasteiger partial charge in [0.15, 0.2) is 0 Å². The molecule has 2 atom stereocenters. The topological polar surface area (TPSA) is 72.9 Å². The molecule has 0 radical (unpaired) electrons. The number of imidazole rings is 1. The fourth-order valence-corrected chi connectivity index (χ4v) is 3.28. The summed E-state index contributed by atoms with van der Waals surface area (Å²) in [5.41, 5.74) is 8.39. The van der Waals surface area contributed by atoms with Crippen molar-refractivity contribution in [1.82, 2.24) is 14.9 Å². The van der Waals surface area contributed by atoms with Gasteiger partial charge in [-0.3, -0.25) is 4.79 Å². The normalized spacial score (nSPS) is 20.6. The molecule has 1 aliphatic rings. The van der Waals surface area contributed by atoms with Crippen LogP contribution in [0.5, 0.6) is 0 Å². The third-order valence-corrected chi connectivity index (χ3v) is 4.67. The Morgan fingerprint density at radius 1 is 1.30 bits per heavy atom. The lowest BCUT2D eigenvalue weighted by Gasteiger charge is -2.15. The van der Waals surface area contributed by atoms with Crippen molar-refractivity contribution in [2.75, 3.05) is 0 Å². The first-order valence-electron chi connectivity index (χ1n) is 8.27. The molecule has 3 N–H and O–H groups in total. The minimum absolute atomic E-state index is 0.102. The number of nitrogens with zero attached hydrogens (tertiary/aromatic N) is 2. The van der Waals surface area contributed by atoms with Crippen molar-refractivity contribution in [3.63, 3.8) is 0 Å². The predicted octanol–water partition coefficient (Wildman–Crippen LogP) is 2.07. The zero-order valence-electron chi connectivity index (χ0n) is 13.3. The fourth-order valence-electron chi connectivity index (χ4n) is 3.28. The number of carbonyl (C=O) groups is 1. The second kappa shape index (κ2) is 7.42. The molecule has 3 rings (SSSR count). The maximum atomic E-state index is 12.2. The van der Waals surface area contributed by atoms with E-state index in [1.165, 1.54) is 5.56 Å². The van der Waals surface area contributed by atoms with Gasteiger partial charge in [0.25, 0.3) is 0 Å². The Morgan fingerprint density at radius 2 is 2.13 bits per heavy atom. The Balaban J connectivity index is 1.56. The number of nitrogens with two attached hydrogens (primary N) is 1. The van der Waals surface area contributed by atoms with Crippen LogP contribution in [0.2, 0.25) is 0 Å². The molecule has 0 spiro atoms. The molecule has 5 heteroatoms. The number of amides is 1. The van der Waals surface area contributed by atoms with Crippen molar-refractivity contribution < 1.29 is 4.79 Å². The van der Waals surface area contributed by atoms with E-state index in [4.69, 9.17) is 5.73 Å². The van der Waals surface area contributed by atoms with Crippen LogP contribution in [0.15, 0.2) is 43.0 Å². The molecule has 1 amide bonds. The smallest absolute Gasteiger partial charge is 0.220 e. The maximum Gasteiger partial charge on any atom is 0.220 e. The molecule has 1 aromatic carbocycles. The third kappa shape index (κ3) is 4.20. The van der Waals surface area contributed by atoms with Crippen molar-refractivity contribution >= 4 is 5.91 Å². The largest absolute Gasteiger partial charge is 0.352 e. The van der Waals surface area contributed by atoms with Crippen LogP contribution in [-0.4, -0.2) is 21.5 Å². The van der Waals surface area contributed by atoms with Gasteiger partial charge >= 0.3 is 0 Å². The molecule has 1 aromatic heterocycles. The molecule has 122 valence electrons. The molecule has 1 fully saturated rings. The SMILES string of the molecule is N[C@@H]1CCC[C@H]1CC(=O)NCc1ccccc1Cn1ccnc1. The van der Waals surface area contributed by atoms with E-state index in [1.807, 2.05) is 22.9 Å². The van der Waals surface area contributed by atoms with Gasteiger partial charge in [-0.1, -0.05) is 30.7 Å². The maximum absolute atomic E-state index is 12.2. The van der Waals surface area contributed by atoms with Crippen LogP contribution in [-0.2, 0) is 17.9 Å². The standard InChI is InChI=1S/C18H24N4O/c19-17-7-3-6-14(17)10-18(23)21-11-15-4-1-2-5-16(15)12-22-9-8-20-13-22/h1-2,4-5,8-9,13-14,17H,3,6-7,10-12,19H2,(H,21,23)/t14-,17+/m0/s1. The molecule has 1 aliphatic carbocycles. The van der Waals surface area contributed by atoms with Crippen molar-refractivity contribution in [3.8, 4) is 0 Å². The van der Waals surface area contributed by atoms with E-state index in [9.17, 15) is 4.79 Å². The Morgan fingerprint density at radius 3 is 2.83 bits per heavy atom. The molecule has 0 unspecified atom stereocenters. The van der Waals surface area contributed by atoms with Gasteiger partial charge in [-0.05, 0) is 29.9 Å². The number of hydrogen-bond acceptors (Lipinski definition) is 3. The van der Waals surface area contributed by atoms with Crippen LogP contribution in [0.4, 0.5) is 0 Å². The minimum atomic E-state index is 0.102. The van der Waals surface area contributed by atoms with E-state index in [0.29, 0.717) is 18.9 Å². The van der Waals surface area contributed by atoms with Crippen LogP contribution in [0.3, 0.4) is 0 Å². The van der Waals surface area contributed by atoms with Crippen LogP contribution >= 0.6 is 0 Å². The van der Waals surface area contributed by atoms with E-state index in [0.717, 1.165) is 31.4 Å². The minimum Gasteiger partial charge on any atom is -0.352 e. The van der Waals surface area contributed by atoms with Crippen LogP contribution in [0.1, 0.15) is 36.8 Å². The van der Waals surface area contributed by atoms with Crippen molar-refractivity contribution in [2.24, 2.45) is 11.7 Å². The number of aromatic nitrogens is 2. The lowest BCUT2D eigenvalue weighted by atomic mass is 10.00. The summed E-state index contributed by atoms with van der Waals surface area (Å²) in [4.78, 5) is 16.2. The zero-order valence-corrected chi connectivity index (χ0v) is 13.3. The van der Waals surface area contributed by atoms with Gasteiger partial charge in [0, 0.05) is 37.9 Å². The van der Waals surface area contributed by atoms with E-state index >= 15 is 0 Å².